The summed E-state index contributed by atoms with van der Waals surface area (Å²) in [6.07, 6.45) is 4.62. The summed E-state index contributed by atoms with van der Waals surface area (Å²) in [4.78, 5) is 13.2. The van der Waals surface area contributed by atoms with Crippen LogP contribution in [0.1, 0.15) is 19.3 Å². The number of nitrogens with zero attached hydrogens (tertiary/aromatic N) is 4. The number of fused-ring (bicyclic) bond motifs is 1. The van der Waals surface area contributed by atoms with Crippen LogP contribution in [0.15, 0.2) is 18.5 Å². The monoisotopic (exact) mass is 348 g/mol. The van der Waals surface area contributed by atoms with E-state index in [-0.39, 0.29) is 0 Å². The predicted octanol–water partition coefficient (Wildman–Crippen LogP) is 2.60. The molecule has 25 heavy (non-hydrogen) atoms. The average Bonchev–Trinajstić information content (AvgIpc) is 2.89. The van der Waals surface area contributed by atoms with Crippen molar-refractivity contribution in [2.24, 2.45) is 0 Å². The maximum atomic E-state index is 13.7. The first kappa shape index (κ1) is 16.6. The van der Waals surface area contributed by atoms with Crippen LogP contribution in [0.2, 0.25) is 0 Å². The van der Waals surface area contributed by atoms with Crippen LogP contribution in [0, 0.1) is 11.6 Å². The zero-order chi connectivity index (χ0) is 17.2. The molecule has 2 aliphatic rings. The number of halogens is 2. The molecule has 1 aromatic heterocycles. The molecule has 0 aliphatic carbocycles. The summed E-state index contributed by atoms with van der Waals surface area (Å²) in [5, 5.41) is 0.570. The maximum absolute atomic E-state index is 13.7. The van der Waals surface area contributed by atoms with Crippen LogP contribution < -0.4 is 4.90 Å². The van der Waals surface area contributed by atoms with Crippen molar-refractivity contribution in [3.05, 3.63) is 30.1 Å². The molecule has 0 saturated carbocycles. The third-order valence-corrected chi connectivity index (χ3v) is 5.19. The highest BCUT2D eigenvalue weighted by molar-refractivity contribution is 5.89. The zero-order valence-electron chi connectivity index (χ0n) is 14.1. The van der Waals surface area contributed by atoms with Gasteiger partial charge in [-0.05, 0) is 25.3 Å². The van der Waals surface area contributed by atoms with E-state index in [0.717, 1.165) is 64.7 Å². The van der Waals surface area contributed by atoms with Crippen molar-refractivity contribution in [2.75, 3.05) is 44.3 Å². The van der Waals surface area contributed by atoms with Gasteiger partial charge in [0.15, 0.2) is 11.6 Å². The third kappa shape index (κ3) is 3.43. The quantitative estimate of drug-likeness (QED) is 0.834. The Balaban J connectivity index is 1.56. The van der Waals surface area contributed by atoms with Crippen molar-refractivity contribution in [2.45, 2.75) is 25.3 Å². The van der Waals surface area contributed by atoms with Crippen molar-refractivity contribution in [1.82, 2.24) is 14.9 Å². The molecule has 7 heteroatoms. The molecule has 2 aliphatic heterocycles. The van der Waals surface area contributed by atoms with Crippen molar-refractivity contribution < 1.29 is 13.5 Å². The van der Waals surface area contributed by atoms with Crippen LogP contribution >= 0.6 is 0 Å². The SMILES string of the molecule is Fc1cc2ncnc(N3CCCN(C4CCOCC4)CC3)c2cc1F. The molecule has 0 atom stereocenters. The number of ether oxygens (including phenoxy) is 1. The number of benzene rings is 1. The molecule has 134 valence electrons. The molecular weight excluding hydrogens is 326 g/mol. The molecule has 0 radical (unpaired) electrons. The summed E-state index contributed by atoms with van der Waals surface area (Å²) >= 11 is 0. The van der Waals surface area contributed by atoms with E-state index in [2.05, 4.69) is 19.8 Å². The molecule has 2 aromatic rings. The normalized spacial score (nSPS) is 20.8. The highest BCUT2D eigenvalue weighted by Gasteiger charge is 2.25. The molecule has 2 saturated heterocycles. The van der Waals surface area contributed by atoms with Crippen molar-refractivity contribution in [3.8, 4) is 0 Å². The van der Waals surface area contributed by atoms with Gasteiger partial charge in [0, 0.05) is 56.9 Å². The van der Waals surface area contributed by atoms with E-state index in [1.54, 1.807) is 0 Å². The van der Waals surface area contributed by atoms with Gasteiger partial charge in [-0.15, -0.1) is 0 Å². The van der Waals surface area contributed by atoms with Crippen LogP contribution in [0.5, 0.6) is 0 Å². The van der Waals surface area contributed by atoms with Gasteiger partial charge in [-0.25, -0.2) is 18.7 Å². The van der Waals surface area contributed by atoms with Gasteiger partial charge < -0.3 is 9.64 Å². The fraction of sp³-hybridized carbons (Fsp3) is 0.556. The Bertz CT molecular complexity index is 751. The Morgan fingerprint density at radius 1 is 0.960 bits per heavy atom. The highest BCUT2D eigenvalue weighted by Crippen LogP contribution is 2.26. The first-order valence-corrected chi connectivity index (χ1v) is 8.89. The fourth-order valence-corrected chi connectivity index (χ4v) is 3.85. The van der Waals surface area contributed by atoms with Crippen LogP contribution in [0.25, 0.3) is 10.9 Å². The minimum atomic E-state index is -0.876. The third-order valence-electron chi connectivity index (χ3n) is 5.19. The van der Waals surface area contributed by atoms with E-state index in [4.69, 9.17) is 4.74 Å². The molecule has 0 spiro atoms. The van der Waals surface area contributed by atoms with Crippen LogP contribution in [0.4, 0.5) is 14.6 Å². The molecule has 0 unspecified atom stereocenters. The molecule has 1 aromatic carbocycles. The summed E-state index contributed by atoms with van der Waals surface area (Å²) in [7, 11) is 0. The van der Waals surface area contributed by atoms with Crippen LogP contribution in [-0.4, -0.2) is 60.3 Å². The van der Waals surface area contributed by atoms with Crippen molar-refractivity contribution in [3.63, 3.8) is 0 Å². The summed E-state index contributed by atoms with van der Waals surface area (Å²) in [6.45, 7) is 5.35. The Morgan fingerprint density at radius 3 is 2.60 bits per heavy atom. The van der Waals surface area contributed by atoms with Crippen LogP contribution in [0.3, 0.4) is 0 Å². The minimum Gasteiger partial charge on any atom is -0.381 e. The summed E-state index contributed by atoms with van der Waals surface area (Å²) in [5.74, 6) is -1.04. The van der Waals surface area contributed by atoms with Crippen LogP contribution in [-0.2, 0) is 4.74 Å². The van der Waals surface area contributed by atoms with Gasteiger partial charge in [0.05, 0.1) is 5.52 Å². The standard InChI is InChI=1S/C18H22F2N4O/c19-15-10-14-17(11-16(15)20)21-12-22-18(14)24-5-1-4-23(6-7-24)13-2-8-25-9-3-13/h10-13H,1-9H2. The molecule has 0 bridgehead atoms. The van der Waals surface area contributed by atoms with Gasteiger partial charge in [-0.2, -0.15) is 0 Å². The molecule has 0 amide bonds. The Morgan fingerprint density at radius 2 is 1.76 bits per heavy atom. The van der Waals surface area contributed by atoms with Gasteiger partial charge >= 0.3 is 0 Å². The summed E-state index contributed by atoms with van der Waals surface area (Å²) in [6, 6.07) is 2.94. The summed E-state index contributed by atoms with van der Waals surface area (Å²) < 4.78 is 32.7. The lowest BCUT2D eigenvalue weighted by atomic mass is 10.1. The Labute approximate surface area is 145 Å². The van der Waals surface area contributed by atoms with Crippen molar-refractivity contribution >= 4 is 16.7 Å². The predicted molar refractivity (Wildman–Crippen MR) is 91.7 cm³/mol. The second-order valence-electron chi connectivity index (χ2n) is 6.70. The maximum Gasteiger partial charge on any atom is 0.161 e. The molecular formula is C18H22F2N4O. The average molecular weight is 348 g/mol. The number of aromatic nitrogens is 2. The number of hydrogen-bond acceptors (Lipinski definition) is 5. The first-order chi connectivity index (χ1) is 12.2. The minimum absolute atomic E-state index is 0.439. The smallest absolute Gasteiger partial charge is 0.161 e. The Hall–Kier alpha value is -1.86. The van der Waals surface area contributed by atoms with Gasteiger partial charge in [0.25, 0.3) is 0 Å². The van der Waals surface area contributed by atoms with E-state index in [1.165, 1.54) is 12.4 Å². The number of rotatable bonds is 2. The zero-order valence-corrected chi connectivity index (χ0v) is 14.1. The largest absolute Gasteiger partial charge is 0.381 e. The van der Waals surface area contributed by atoms with Gasteiger partial charge in [0.2, 0.25) is 0 Å². The molecule has 0 N–H and O–H groups in total. The Kier molecular flexibility index (Phi) is 4.76. The first-order valence-electron chi connectivity index (χ1n) is 8.89. The van der Waals surface area contributed by atoms with Gasteiger partial charge in [-0.3, -0.25) is 4.90 Å². The lowest BCUT2D eigenvalue weighted by molar-refractivity contribution is 0.0365. The van der Waals surface area contributed by atoms with E-state index in [9.17, 15) is 8.78 Å². The molecule has 5 nitrogen and oxygen atoms in total. The topological polar surface area (TPSA) is 41.5 Å². The second-order valence-corrected chi connectivity index (χ2v) is 6.70. The number of anilines is 1. The lowest BCUT2D eigenvalue weighted by Gasteiger charge is -2.33. The van der Waals surface area contributed by atoms with E-state index in [1.807, 2.05) is 0 Å². The van der Waals surface area contributed by atoms with E-state index < -0.39 is 11.6 Å². The van der Waals surface area contributed by atoms with Gasteiger partial charge in [-0.1, -0.05) is 0 Å². The lowest BCUT2D eigenvalue weighted by Crippen LogP contribution is -2.41. The summed E-state index contributed by atoms with van der Waals surface area (Å²) in [5.41, 5.74) is 0.439. The molecule has 2 fully saturated rings. The molecule has 4 rings (SSSR count). The second kappa shape index (κ2) is 7.17. The van der Waals surface area contributed by atoms with Crippen molar-refractivity contribution in [1.29, 1.82) is 0 Å². The number of hydrogen-bond donors (Lipinski definition) is 0. The molecule has 3 heterocycles. The fourth-order valence-electron chi connectivity index (χ4n) is 3.85. The van der Waals surface area contributed by atoms with Gasteiger partial charge in [0.1, 0.15) is 12.1 Å². The highest BCUT2D eigenvalue weighted by atomic mass is 19.2. The van der Waals surface area contributed by atoms with E-state index in [0.29, 0.717) is 22.8 Å². The van der Waals surface area contributed by atoms with E-state index >= 15 is 0 Å².